The molecule has 2 aromatic heterocycles. The largest absolute Gasteiger partial charge is 0.457 e. The predicted octanol–water partition coefficient (Wildman–Crippen LogP) is 16.4. The van der Waals surface area contributed by atoms with E-state index in [1.54, 1.807) is 0 Å². The van der Waals surface area contributed by atoms with Crippen LogP contribution < -0.4 is 4.74 Å². The summed E-state index contributed by atoms with van der Waals surface area (Å²) < 4.78 is 9.32. The second-order valence-corrected chi connectivity index (χ2v) is 19.8. The van der Waals surface area contributed by atoms with Gasteiger partial charge in [-0.1, -0.05) is 202 Å². The highest BCUT2D eigenvalue weighted by Gasteiger charge is 2.52. The summed E-state index contributed by atoms with van der Waals surface area (Å²) >= 11 is 0. The Balaban J connectivity index is 1.07. The third-order valence-corrected chi connectivity index (χ3v) is 15.7. The summed E-state index contributed by atoms with van der Waals surface area (Å²) in [6, 6.07) is 82.9. The van der Waals surface area contributed by atoms with Crippen LogP contribution in [0.1, 0.15) is 47.2 Å². The number of rotatable bonds is 5. The van der Waals surface area contributed by atoms with Crippen LogP contribution >= 0.6 is 0 Å². The molecule has 1 spiro atoms. The molecule has 2 aliphatic carbocycles. The van der Waals surface area contributed by atoms with Crippen molar-refractivity contribution in [2.45, 2.75) is 24.7 Å². The maximum Gasteiger partial charge on any atom is 0.164 e. The van der Waals surface area contributed by atoms with Gasteiger partial charge in [-0.3, -0.25) is 0 Å². The van der Waals surface area contributed by atoms with Crippen molar-refractivity contribution in [3.63, 3.8) is 0 Å². The standard InChI is InChI=1S/C67H44N4O/c1-66(2)50-30-14-12-27-45(50)61-55(66)40-48(60-46-28-13-17-34-56(46)71(62(60)61)44-25-10-5-11-26-44)43-37-38-51-49(39-43)59-47(65-69-63(41-21-6-3-7-22-41)68-64(70-65)42-23-8-4-9-24-42)29-20-33-54(59)67(51)52-31-15-18-35-57(52)72-58-36-19-16-32-53(58)67/h3-40H,1-2H3. The lowest BCUT2D eigenvalue weighted by Crippen LogP contribution is -2.32. The van der Waals surface area contributed by atoms with Crippen LogP contribution in [0.15, 0.2) is 231 Å². The van der Waals surface area contributed by atoms with E-state index < -0.39 is 5.41 Å². The van der Waals surface area contributed by atoms with Crippen LogP contribution in [-0.4, -0.2) is 19.5 Å². The highest BCUT2D eigenvalue weighted by molar-refractivity contribution is 6.21. The molecule has 0 atom stereocenters. The monoisotopic (exact) mass is 920 g/mol. The van der Waals surface area contributed by atoms with Gasteiger partial charge in [-0.2, -0.15) is 0 Å². The SMILES string of the molecule is CC1(C)c2ccccc2-c2c1cc(-c1ccc3c(c1)-c1c(-c4nc(-c5ccccc5)nc(-c5ccccc5)n4)cccc1C31c3ccccc3Oc3ccccc31)c1c3ccccc3n(-c3ccccc3)c21. The van der Waals surface area contributed by atoms with Crippen LogP contribution in [-0.2, 0) is 10.8 Å². The Morgan fingerprint density at radius 3 is 1.62 bits per heavy atom. The molecule has 0 saturated carbocycles. The first-order chi connectivity index (χ1) is 35.5. The van der Waals surface area contributed by atoms with Crippen molar-refractivity contribution in [3.05, 3.63) is 264 Å². The number of fused-ring (bicyclic) bond motifs is 16. The quantitative estimate of drug-likeness (QED) is 0.173. The number of ether oxygens (including phenoxy) is 1. The Kier molecular flexibility index (Phi) is 8.56. The first-order valence-corrected chi connectivity index (χ1v) is 24.8. The third-order valence-electron chi connectivity index (χ3n) is 15.7. The Morgan fingerprint density at radius 2 is 0.931 bits per heavy atom. The summed E-state index contributed by atoms with van der Waals surface area (Å²) in [5.41, 5.74) is 19.8. The van der Waals surface area contributed by atoms with Gasteiger partial charge >= 0.3 is 0 Å². The average molecular weight is 921 g/mol. The summed E-state index contributed by atoms with van der Waals surface area (Å²) in [6.45, 7) is 4.78. The van der Waals surface area contributed by atoms with E-state index in [1.807, 2.05) is 36.4 Å². The van der Waals surface area contributed by atoms with Crippen LogP contribution in [0.25, 0.3) is 95.0 Å². The minimum absolute atomic E-state index is 0.255. The van der Waals surface area contributed by atoms with Crippen LogP contribution in [0.4, 0.5) is 0 Å². The van der Waals surface area contributed by atoms with Crippen molar-refractivity contribution >= 4 is 21.8 Å². The normalized spacial score (nSPS) is 14.0. The minimum atomic E-state index is -0.720. The molecule has 1 aliphatic heterocycles. The molecule has 5 heteroatoms. The van der Waals surface area contributed by atoms with Gasteiger partial charge in [-0.15, -0.1) is 0 Å². The fraction of sp³-hybridized carbons (Fsp3) is 0.0597. The Labute approximate surface area is 417 Å². The van der Waals surface area contributed by atoms with E-state index in [1.165, 1.54) is 55.2 Å². The molecule has 3 aliphatic rings. The van der Waals surface area contributed by atoms with E-state index in [-0.39, 0.29) is 5.41 Å². The van der Waals surface area contributed by atoms with E-state index in [0.717, 1.165) is 67.3 Å². The topological polar surface area (TPSA) is 52.8 Å². The maximum absolute atomic E-state index is 6.81. The molecule has 338 valence electrons. The van der Waals surface area contributed by atoms with Gasteiger partial charge in [0, 0.05) is 55.3 Å². The lowest BCUT2D eigenvalue weighted by atomic mass is 9.66. The zero-order chi connectivity index (χ0) is 47.7. The van der Waals surface area contributed by atoms with Gasteiger partial charge < -0.3 is 9.30 Å². The second kappa shape index (κ2) is 15.2. The minimum Gasteiger partial charge on any atom is -0.457 e. The Hall–Kier alpha value is -9.19. The van der Waals surface area contributed by atoms with Crippen molar-refractivity contribution in [2.24, 2.45) is 0 Å². The van der Waals surface area contributed by atoms with Crippen LogP contribution in [0.5, 0.6) is 11.5 Å². The molecule has 3 heterocycles. The van der Waals surface area contributed by atoms with Gasteiger partial charge in [0.05, 0.1) is 16.4 Å². The highest BCUT2D eigenvalue weighted by Crippen LogP contribution is 2.64. The number of hydrogen-bond acceptors (Lipinski definition) is 4. The Bertz CT molecular complexity index is 4110. The number of benzene rings is 10. The first kappa shape index (κ1) is 40.7. The highest BCUT2D eigenvalue weighted by atomic mass is 16.5. The van der Waals surface area contributed by atoms with E-state index >= 15 is 0 Å². The number of hydrogen-bond donors (Lipinski definition) is 0. The predicted molar refractivity (Wildman–Crippen MR) is 291 cm³/mol. The summed E-state index contributed by atoms with van der Waals surface area (Å²) in [4.78, 5) is 15.9. The third kappa shape index (κ3) is 5.56. The molecule has 0 N–H and O–H groups in total. The molecule has 0 amide bonds. The summed E-state index contributed by atoms with van der Waals surface area (Å²) in [5, 5.41) is 2.45. The molecule has 72 heavy (non-hydrogen) atoms. The van der Waals surface area contributed by atoms with Crippen LogP contribution in [0.2, 0.25) is 0 Å². The fourth-order valence-electron chi connectivity index (χ4n) is 12.6. The van der Waals surface area contributed by atoms with E-state index in [4.69, 9.17) is 19.7 Å². The number of para-hydroxylation sites is 4. The van der Waals surface area contributed by atoms with Crippen molar-refractivity contribution in [1.82, 2.24) is 19.5 Å². The van der Waals surface area contributed by atoms with Crippen LogP contribution in [0.3, 0.4) is 0 Å². The van der Waals surface area contributed by atoms with Gasteiger partial charge in [0.25, 0.3) is 0 Å². The van der Waals surface area contributed by atoms with Crippen molar-refractivity contribution in [3.8, 4) is 84.7 Å². The first-order valence-electron chi connectivity index (χ1n) is 24.8. The number of nitrogens with zero attached hydrogens (tertiary/aromatic N) is 4. The van der Waals surface area contributed by atoms with E-state index in [2.05, 4.69) is 213 Å². The van der Waals surface area contributed by atoms with Gasteiger partial charge in [0.1, 0.15) is 11.5 Å². The van der Waals surface area contributed by atoms with Crippen molar-refractivity contribution in [2.75, 3.05) is 0 Å². The van der Waals surface area contributed by atoms with Gasteiger partial charge in [-0.05, 0) is 92.5 Å². The van der Waals surface area contributed by atoms with E-state index in [9.17, 15) is 0 Å². The smallest absolute Gasteiger partial charge is 0.164 e. The molecule has 12 aromatic rings. The summed E-state index contributed by atoms with van der Waals surface area (Å²) in [7, 11) is 0. The molecular formula is C67H44N4O. The zero-order valence-electron chi connectivity index (χ0n) is 39.6. The van der Waals surface area contributed by atoms with Gasteiger partial charge in [0.2, 0.25) is 0 Å². The fourth-order valence-corrected chi connectivity index (χ4v) is 12.6. The molecule has 0 saturated heterocycles. The lowest BCUT2D eigenvalue weighted by molar-refractivity contribution is 0.436. The second-order valence-electron chi connectivity index (χ2n) is 19.8. The van der Waals surface area contributed by atoms with Crippen LogP contribution in [0, 0.1) is 0 Å². The maximum atomic E-state index is 6.81. The molecular weight excluding hydrogens is 877 g/mol. The molecule has 0 radical (unpaired) electrons. The summed E-state index contributed by atoms with van der Waals surface area (Å²) in [6.07, 6.45) is 0. The van der Waals surface area contributed by atoms with Gasteiger partial charge in [-0.25, -0.2) is 15.0 Å². The van der Waals surface area contributed by atoms with Crippen molar-refractivity contribution < 1.29 is 4.74 Å². The molecule has 0 unspecified atom stereocenters. The lowest BCUT2D eigenvalue weighted by Gasteiger charge is -2.39. The average Bonchev–Trinajstić information content (AvgIpc) is 4.02. The summed E-state index contributed by atoms with van der Waals surface area (Å²) in [5.74, 6) is 3.56. The molecule has 0 fully saturated rings. The molecule has 10 aromatic carbocycles. The zero-order valence-corrected chi connectivity index (χ0v) is 39.6. The molecule has 15 rings (SSSR count). The number of aromatic nitrogens is 4. The molecule has 0 bridgehead atoms. The molecule has 5 nitrogen and oxygen atoms in total. The van der Waals surface area contributed by atoms with Gasteiger partial charge in [0.15, 0.2) is 17.5 Å². The van der Waals surface area contributed by atoms with E-state index in [0.29, 0.717) is 17.5 Å². The van der Waals surface area contributed by atoms with Crippen molar-refractivity contribution in [1.29, 1.82) is 0 Å². The Morgan fingerprint density at radius 1 is 0.375 bits per heavy atom.